The molecule has 0 aliphatic heterocycles. The van der Waals surface area contributed by atoms with Gasteiger partial charge in [-0.05, 0) is 56.3 Å². The predicted octanol–water partition coefficient (Wildman–Crippen LogP) is 4.86. The number of ether oxygens (including phenoxy) is 2. The lowest BCUT2D eigenvalue weighted by Crippen LogP contribution is -2.12. The molecule has 31 heavy (non-hydrogen) atoms. The van der Waals surface area contributed by atoms with E-state index in [2.05, 4.69) is 15.2 Å². The van der Waals surface area contributed by atoms with Crippen molar-refractivity contribution >= 4 is 29.2 Å². The maximum atomic E-state index is 12.5. The smallest absolute Gasteiger partial charge is 0.387 e. The van der Waals surface area contributed by atoms with Crippen LogP contribution in [0, 0.1) is 6.92 Å². The molecule has 0 aliphatic carbocycles. The Balaban J connectivity index is 1.72. The van der Waals surface area contributed by atoms with Gasteiger partial charge in [-0.2, -0.15) is 13.9 Å². The summed E-state index contributed by atoms with van der Waals surface area (Å²) in [6.45, 7) is 0.732. The molecule has 1 amide bonds. The van der Waals surface area contributed by atoms with Gasteiger partial charge in [0, 0.05) is 11.3 Å². The lowest BCUT2D eigenvalue weighted by atomic mass is 10.2. The molecule has 2 aromatic carbocycles. The summed E-state index contributed by atoms with van der Waals surface area (Å²) in [6, 6.07) is 10.5. The van der Waals surface area contributed by atoms with E-state index in [0.717, 1.165) is 0 Å². The van der Waals surface area contributed by atoms with Gasteiger partial charge in [0.2, 0.25) is 0 Å². The second-order valence-electron chi connectivity index (χ2n) is 6.30. The summed E-state index contributed by atoms with van der Waals surface area (Å²) in [7, 11) is 0. The van der Waals surface area contributed by atoms with Crippen molar-refractivity contribution in [1.29, 1.82) is 0 Å². The van der Waals surface area contributed by atoms with Crippen molar-refractivity contribution in [3.8, 4) is 11.4 Å². The van der Waals surface area contributed by atoms with Crippen LogP contribution in [0.2, 0.25) is 5.02 Å². The normalized spacial score (nSPS) is 10.8. The van der Waals surface area contributed by atoms with Crippen LogP contribution in [-0.2, 0) is 4.74 Å². The van der Waals surface area contributed by atoms with Crippen molar-refractivity contribution in [3.05, 3.63) is 70.5 Å². The van der Waals surface area contributed by atoms with Crippen LogP contribution in [-0.4, -0.2) is 34.9 Å². The van der Waals surface area contributed by atoms with Crippen molar-refractivity contribution in [3.63, 3.8) is 0 Å². The molecule has 0 bridgehead atoms. The van der Waals surface area contributed by atoms with E-state index in [4.69, 9.17) is 16.3 Å². The molecule has 0 fully saturated rings. The van der Waals surface area contributed by atoms with Gasteiger partial charge < -0.3 is 14.8 Å². The van der Waals surface area contributed by atoms with Crippen molar-refractivity contribution in [2.45, 2.75) is 20.5 Å². The first-order chi connectivity index (χ1) is 14.8. The summed E-state index contributed by atoms with van der Waals surface area (Å²) < 4.78 is 35.5. The van der Waals surface area contributed by atoms with E-state index in [9.17, 15) is 18.4 Å². The number of alkyl halides is 2. The standard InChI is InChI=1S/C21H18ClF2N3O4/c1-3-30-20(29)16-11-25-27(12(16)2)15-7-4-13(5-8-15)19(28)26-14-6-9-18(17(22)10-14)31-21(23)24/h4-11,21H,3H2,1-2H3,(H,26,28). The summed E-state index contributed by atoms with van der Waals surface area (Å²) in [5.41, 5.74) is 2.29. The van der Waals surface area contributed by atoms with Crippen LogP contribution >= 0.6 is 11.6 Å². The van der Waals surface area contributed by atoms with Gasteiger partial charge in [-0.1, -0.05) is 11.6 Å². The van der Waals surface area contributed by atoms with Crippen LogP contribution in [0.4, 0.5) is 14.5 Å². The number of rotatable bonds is 7. The molecule has 10 heteroatoms. The number of esters is 1. The van der Waals surface area contributed by atoms with Crippen LogP contribution in [0.3, 0.4) is 0 Å². The SMILES string of the molecule is CCOC(=O)c1cnn(-c2ccc(C(=O)Nc3ccc(OC(F)F)c(Cl)c3)cc2)c1C. The maximum absolute atomic E-state index is 12.5. The van der Waals surface area contributed by atoms with E-state index in [1.54, 1.807) is 42.8 Å². The van der Waals surface area contributed by atoms with Crippen molar-refractivity contribution in [1.82, 2.24) is 9.78 Å². The van der Waals surface area contributed by atoms with Gasteiger partial charge >= 0.3 is 12.6 Å². The number of amides is 1. The zero-order valence-corrected chi connectivity index (χ0v) is 17.3. The summed E-state index contributed by atoms with van der Waals surface area (Å²) >= 11 is 5.90. The van der Waals surface area contributed by atoms with Gasteiger partial charge in [0.05, 0.1) is 29.2 Å². The van der Waals surface area contributed by atoms with E-state index in [0.29, 0.717) is 28.2 Å². The van der Waals surface area contributed by atoms with Crippen LogP contribution in [0.15, 0.2) is 48.7 Å². The molecule has 0 radical (unpaired) electrons. The molecule has 3 rings (SSSR count). The van der Waals surface area contributed by atoms with Crippen molar-refractivity contribution < 1.29 is 27.8 Å². The first-order valence-electron chi connectivity index (χ1n) is 9.18. The van der Waals surface area contributed by atoms with E-state index >= 15 is 0 Å². The highest BCUT2D eigenvalue weighted by atomic mass is 35.5. The number of benzene rings is 2. The number of hydrogen-bond acceptors (Lipinski definition) is 5. The Labute approximate surface area is 181 Å². The predicted molar refractivity (Wildman–Crippen MR) is 110 cm³/mol. The number of nitrogens with one attached hydrogen (secondary N) is 1. The lowest BCUT2D eigenvalue weighted by molar-refractivity contribution is -0.0497. The van der Waals surface area contributed by atoms with Crippen LogP contribution in [0.1, 0.15) is 33.3 Å². The first kappa shape index (κ1) is 22.2. The second kappa shape index (κ2) is 9.57. The third kappa shape index (κ3) is 5.18. The highest BCUT2D eigenvalue weighted by Crippen LogP contribution is 2.29. The monoisotopic (exact) mass is 449 g/mol. The Kier molecular flexibility index (Phi) is 6.86. The average Bonchev–Trinajstić information content (AvgIpc) is 3.11. The second-order valence-corrected chi connectivity index (χ2v) is 6.71. The largest absolute Gasteiger partial charge is 0.462 e. The summed E-state index contributed by atoms with van der Waals surface area (Å²) in [5.74, 6) is -1.06. The Morgan fingerprint density at radius 1 is 1.19 bits per heavy atom. The fourth-order valence-electron chi connectivity index (χ4n) is 2.81. The van der Waals surface area contributed by atoms with E-state index < -0.39 is 18.5 Å². The number of anilines is 1. The summed E-state index contributed by atoms with van der Waals surface area (Å²) in [5, 5.41) is 6.78. The third-order valence-electron chi connectivity index (χ3n) is 4.29. The van der Waals surface area contributed by atoms with Gasteiger partial charge in [0.15, 0.2) is 0 Å². The maximum Gasteiger partial charge on any atom is 0.387 e. The first-order valence-corrected chi connectivity index (χ1v) is 9.55. The highest BCUT2D eigenvalue weighted by molar-refractivity contribution is 6.32. The molecular weight excluding hydrogens is 432 g/mol. The highest BCUT2D eigenvalue weighted by Gasteiger charge is 2.16. The average molecular weight is 450 g/mol. The summed E-state index contributed by atoms with van der Waals surface area (Å²) in [4.78, 5) is 24.4. The zero-order chi connectivity index (χ0) is 22.5. The lowest BCUT2D eigenvalue weighted by Gasteiger charge is -2.10. The molecule has 162 valence electrons. The van der Waals surface area contributed by atoms with E-state index in [-0.39, 0.29) is 17.4 Å². The quantitative estimate of drug-likeness (QED) is 0.521. The van der Waals surface area contributed by atoms with Gasteiger partial charge in [0.25, 0.3) is 5.91 Å². The number of carbonyl (C=O) groups excluding carboxylic acids is 2. The Bertz CT molecular complexity index is 1100. The minimum absolute atomic E-state index is 0.0555. The third-order valence-corrected chi connectivity index (χ3v) is 4.58. The molecule has 0 unspecified atom stereocenters. The van der Waals surface area contributed by atoms with Crippen molar-refractivity contribution in [2.24, 2.45) is 0 Å². The van der Waals surface area contributed by atoms with E-state index in [1.807, 2.05) is 0 Å². The molecule has 0 saturated heterocycles. The number of halogens is 3. The van der Waals surface area contributed by atoms with E-state index in [1.165, 1.54) is 24.4 Å². The minimum Gasteiger partial charge on any atom is -0.462 e. The minimum atomic E-state index is -3.00. The van der Waals surface area contributed by atoms with Gasteiger partial charge in [-0.3, -0.25) is 4.79 Å². The number of nitrogens with zero attached hydrogens (tertiary/aromatic N) is 2. The Hall–Kier alpha value is -3.46. The fourth-order valence-corrected chi connectivity index (χ4v) is 3.03. The molecule has 1 heterocycles. The molecule has 7 nitrogen and oxygen atoms in total. The zero-order valence-electron chi connectivity index (χ0n) is 16.6. The Morgan fingerprint density at radius 3 is 2.52 bits per heavy atom. The molecule has 1 N–H and O–H groups in total. The number of aromatic nitrogens is 2. The molecule has 0 saturated carbocycles. The molecule has 3 aromatic rings. The fraction of sp³-hybridized carbons (Fsp3) is 0.190. The molecular formula is C21H18ClF2N3O4. The molecule has 1 aromatic heterocycles. The van der Waals surface area contributed by atoms with Gasteiger partial charge in [-0.25, -0.2) is 9.48 Å². The molecule has 0 aliphatic rings. The van der Waals surface area contributed by atoms with Gasteiger partial charge in [-0.15, -0.1) is 0 Å². The topological polar surface area (TPSA) is 82.5 Å². The number of carbonyl (C=O) groups is 2. The Morgan fingerprint density at radius 2 is 1.90 bits per heavy atom. The van der Waals surface area contributed by atoms with Crippen LogP contribution in [0.25, 0.3) is 5.69 Å². The number of hydrogen-bond donors (Lipinski definition) is 1. The summed E-state index contributed by atoms with van der Waals surface area (Å²) in [6.07, 6.45) is 1.43. The van der Waals surface area contributed by atoms with Gasteiger partial charge in [0.1, 0.15) is 11.3 Å². The van der Waals surface area contributed by atoms with Crippen LogP contribution in [0.5, 0.6) is 5.75 Å². The molecule has 0 spiro atoms. The van der Waals surface area contributed by atoms with Crippen molar-refractivity contribution in [2.75, 3.05) is 11.9 Å². The molecule has 0 atom stereocenters. The van der Waals surface area contributed by atoms with Crippen LogP contribution < -0.4 is 10.1 Å².